The Morgan fingerprint density at radius 3 is 2.50 bits per heavy atom. The lowest BCUT2D eigenvalue weighted by molar-refractivity contribution is 0.00251. The van der Waals surface area contributed by atoms with Crippen LogP contribution in [0.4, 0.5) is 0 Å². The lowest BCUT2D eigenvalue weighted by Crippen LogP contribution is -2.23. The third-order valence-corrected chi connectivity index (χ3v) is 3.31. The van der Waals surface area contributed by atoms with Crippen LogP contribution in [-0.4, -0.2) is 34.7 Å². The quantitative estimate of drug-likeness (QED) is 0.845. The van der Waals surface area contributed by atoms with E-state index < -0.39 is 6.10 Å². The van der Waals surface area contributed by atoms with Crippen LogP contribution in [0.25, 0.3) is 0 Å². The fourth-order valence-corrected chi connectivity index (χ4v) is 2.01. The molecule has 0 bridgehead atoms. The van der Waals surface area contributed by atoms with E-state index in [-0.39, 0.29) is 5.60 Å². The molecule has 0 aliphatic carbocycles. The second kappa shape index (κ2) is 5.71. The summed E-state index contributed by atoms with van der Waals surface area (Å²) in [6.07, 6.45) is 0.800. The number of aliphatic hydroxyl groups excluding tert-OH is 1. The van der Waals surface area contributed by atoms with Crippen LogP contribution in [0.5, 0.6) is 5.88 Å². The van der Waals surface area contributed by atoms with Crippen LogP contribution in [-0.2, 0) is 11.8 Å². The molecule has 0 fully saturated rings. The number of nitrogens with zero attached hydrogens (tertiary/aromatic N) is 2. The molecule has 5 nitrogen and oxygen atoms in total. The van der Waals surface area contributed by atoms with E-state index in [4.69, 9.17) is 9.47 Å². The van der Waals surface area contributed by atoms with Crippen LogP contribution in [0.2, 0.25) is 0 Å². The summed E-state index contributed by atoms with van der Waals surface area (Å²) in [5.41, 5.74) is 1.34. The van der Waals surface area contributed by atoms with E-state index in [0.29, 0.717) is 12.3 Å². The minimum absolute atomic E-state index is 0.232. The molecule has 5 heteroatoms. The summed E-state index contributed by atoms with van der Waals surface area (Å²) < 4.78 is 12.3. The maximum absolute atomic E-state index is 10.3. The molecule has 1 aromatic rings. The number of hydrogen-bond donors (Lipinski definition) is 1. The molecule has 0 aromatic carbocycles. The van der Waals surface area contributed by atoms with Crippen molar-refractivity contribution in [2.75, 3.05) is 14.2 Å². The van der Waals surface area contributed by atoms with Gasteiger partial charge in [0.1, 0.15) is 0 Å². The van der Waals surface area contributed by atoms with Crippen LogP contribution in [0.3, 0.4) is 0 Å². The minimum Gasteiger partial charge on any atom is -0.481 e. The molecule has 0 radical (unpaired) electrons. The number of ether oxygens (including phenoxy) is 2. The van der Waals surface area contributed by atoms with Crippen LogP contribution < -0.4 is 4.74 Å². The third kappa shape index (κ3) is 3.23. The predicted octanol–water partition coefficient (Wildman–Crippen LogP) is 1.98. The fourth-order valence-electron chi connectivity index (χ4n) is 2.01. The van der Waals surface area contributed by atoms with E-state index in [1.807, 2.05) is 20.8 Å². The first-order chi connectivity index (χ1) is 8.32. The summed E-state index contributed by atoms with van der Waals surface area (Å²) >= 11 is 0. The number of aromatic nitrogens is 2. The molecule has 1 atom stereocenters. The Bertz CT molecular complexity index is 399. The smallest absolute Gasteiger partial charge is 0.217 e. The second-order valence-electron chi connectivity index (χ2n) is 5.15. The minimum atomic E-state index is -0.580. The van der Waals surface area contributed by atoms with E-state index in [1.165, 1.54) is 0 Å². The highest BCUT2D eigenvalue weighted by atomic mass is 16.5. The lowest BCUT2D eigenvalue weighted by atomic mass is 9.97. The van der Waals surface area contributed by atoms with E-state index in [1.54, 1.807) is 25.9 Å². The Kier molecular flexibility index (Phi) is 4.76. The van der Waals surface area contributed by atoms with Crippen molar-refractivity contribution in [2.45, 2.75) is 45.3 Å². The van der Waals surface area contributed by atoms with Gasteiger partial charge in [0, 0.05) is 14.2 Å². The molecule has 104 valence electrons. The van der Waals surface area contributed by atoms with Gasteiger partial charge in [-0.25, -0.2) is 4.68 Å². The Labute approximate surface area is 109 Å². The molecule has 1 unspecified atom stereocenters. The maximum Gasteiger partial charge on any atom is 0.217 e. The zero-order valence-electron chi connectivity index (χ0n) is 12.1. The molecular formula is C13H24N2O3. The summed E-state index contributed by atoms with van der Waals surface area (Å²) in [6, 6.07) is 0. The van der Waals surface area contributed by atoms with Crippen molar-refractivity contribution in [2.24, 2.45) is 7.05 Å². The summed E-state index contributed by atoms with van der Waals surface area (Å²) in [6.45, 7) is 5.89. The third-order valence-electron chi connectivity index (χ3n) is 3.31. The molecule has 1 heterocycles. The van der Waals surface area contributed by atoms with E-state index >= 15 is 0 Å². The molecule has 18 heavy (non-hydrogen) atoms. The van der Waals surface area contributed by atoms with Gasteiger partial charge in [-0.3, -0.25) is 0 Å². The van der Waals surface area contributed by atoms with Crippen LogP contribution in [0, 0.1) is 6.92 Å². The standard InChI is InChI=1S/C13H24N2O3/c1-9-11(12(17-5)15(4)14-9)10(16)7-8-13(2,3)18-6/h10,16H,7-8H2,1-6H3. The molecule has 0 aliphatic heterocycles. The summed E-state index contributed by atoms with van der Waals surface area (Å²) in [5, 5.41) is 14.6. The highest BCUT2D eigenvalue weighted by molar-refractivity contribution is 5.33. The Morgan fingerprint density at radius 2 is 2.00 bits per heavy atom. The van der Waals surface area contributed by atoms with E-state index in [0.717, 1.165) is 17.7 Å². The van der Waals surface area contributed by atoms with Crippen molar-refractivity contribution in [1.29, 1.82) is 0 Å². The van der Waals surface area contributed by atoms with Crippen molar-refractivity contribution >= 4 is 0 Å². The van der Waals surface area contributed by atoms with Crippen LogP contribution in [0.15, 0.2) is 0 Å². The van der Waals surface area contributed by atoms with Gasteiger partial charge >= 0.3 is 0 Å². The average molecular weight is 256 g/mol. The van der Waals surface area contributed by atoms with Gasteiger partial charge in [0.2, 0.25) is 5.88 Å². The largest absolute Gasteiger partial charge is 0.481 e. The number of aryl methyl sites for hydroxylation is 2. The van der Waals surface area contributed by atoms with Crippen molar-refractivity contribution in [3.63, 3.8) is 0 Å². The van der Waals surface area contributed by atoms with Gasteiger partial charge in [0.25, 0.3) is 0 Å². The van der Waals surface area contributed by atoms with Gasteiger partial charge in [-0.2, -0.15) is 5.10 Å². The maximum atomic E-state index is 10.3. The van der Waals surface area contributed by atoms with Crippen molar-refractivity contribution in [1.82, 2.24) is 9.78 Å². The van der Waals surface area contributed by atoms with Crippen LogP contribution >= 0.6 is 0 Å². The molecular weight excluding hydrogens is 232 g/mol. The predicted molar refractivity (Wildman–Crippen MR) is 69.8 cm³/mol. The number of aliphatic hydroxyl groups is 1. The highest BCUT2D eigenvalue weighted by Gasteiger charge is 2.24. The van der Waals surface area contributed by atoms with Gasteiger partial charge in [-0.15, -0.1) is 0 Å². The monoisotopic (exact) mass is 256 g/mol. The molecule has 0 spiro atoms. The Balaban J connectivity index is 2.81. The van der Waals surface area contributed by atoms with Crippen molar-refractivity contribution < 1.29 is 14.6 Å². The first-order valence-corrected chi connectivity index (χ1v) is 6.13. The molecule has 1 aromatic heterocycles. The first-order valence-electron chi connectivity index (χ1n) is 6.13. The number of hydrogen-bond acceptors (Lipinski definition) is 4. The Morgan fingerprint density at radius 1 is 1.39 bits per heavy atom. The summed E-state index contributed by atoms with van der Waals surface area (Å²) in [5.74, 6) is 0.621. The van der Waals surface area contributed by atoms with E-state index in [9.17, 15) is 5.11 Å². The van der Waals surface area contributed by atoms with Gasteiger partial charge < -0.3 is 14.6 Å². The molecule has 1 N–H and O–H groups in total. The van der Waals surface area contributed by atoms with Gasteiger partial charge in [0.15, 0.2) is 0 Å². The zero-order chi connectivity index (χ0) is 13.9. The number of rotatable bonds is 6. The normalized spacial score (nSPS) is 13.7. The molecule has 0 saturated heterocycles. The molecule has 0 aliphatic rings. The number of methoxy groups -OCH3 is 2. The lowest BCUT2D eigenvalue weighted by Gasteiger charge is -2.24. The molecule has 0 amide bonds. The first kappa shape index (κ1) is 15.0. The van der Waals surface area contributed by atoms with Crippen molar-refractivity contribution in [3.8, 4) is 5.88 Å². The summed E-state index contributed by atoms with van der Waals surface area (Å²) in [7, 11) is 5.08. The topological polar surface area (TPSA) is 56.5 Å². The second-order valence-corrected chi connectivity index (χ2v) is 5.15. The molecule has 0 saturated carbocycles. The van der Waals surface area contributed by atoms with Gasteiger partial charge in [0.05, 0.1) is 30.1 Å². The van der Waals surface area contributed by atoms with Gasteiger partial charge in [-0.1, -0.05) is 0 Å². The SMILES string of the molecule is COc1c(C(O)CCC(C)(C)OC)c(C)nn1C. The average Bonchev–Trinajstić information content (AvgIpc) is 2.60. The zero-order valence-corrected chi connectivity index (χ0v) is 12.1. The summed E-state index contributed by atoms with van der Waals surface area (Å²) in [4.78, 5) is 0. The Hall–Kier alpha value is -1.07. The van der Waals surface area contributed by atoms with Crippen LogP contribution in [0.1, 0.15) is 44.1 Å². The molecule has 1 rings (SSSR count). The highest BCUT2D eigenvalue weighted by Crippen LogP contribution is 2.32. The van der Waals surface area contributed by atoms with Gasteiger partial charge in [-0.05, 0) is 33.6 Å². The van der Waals surface area contributed by atoms with E-state index in [2.05, 4.69) is 5.10 Å². The van der Waals surface area contributed by atoms with Crippen molar-refractivity contribution in [3.05, 3.63) is 11.3 Å². The fraction of sp³-hybridized carbons (Fsp3) is 0.769.